The molecule has 140 valence electrons. The summed E-state index contributed by atoms with van der Waals surface area (Å²) in [5, 5.41) is 6.49. The van der Waals surface area contributed by atoms with Gasteiger partial charge in [0.2, 0.25) is 0 Å². The van der Waals surface area contributed by atoms with Crippen LogP contribution in [-0.4, -0.2) is 39.7 Å². The molecule has 10 heteroatoms. The van der Waals surface area contributed by atoms with Gasteiger partial charge in [0.1, 0.15) is 11.3 Å². The number of rotatable bonds is 6. The fourth-order valence-electron chi connectivity index (χ4n) is 2.39. The Hall–Kier alpha value is -3.56. The lowest BCUT2D eigenvalue weighted by Crippen LogP contribution is -2.21. The van der Waals surface area contributed by atoms with E-state index >= 15 is 0 Å². The first-order valence-corrected chi connectivity index (χ1v) is 7.76. The van der Waals surface area contributed by atoms with Gasteiger partial charge in [-0.25, -0.2) is 14.3 Å². The number of ether oxygens (including phenoxy) is 2. The minimum absolute atomic E-state index is 0.0349. The Labute approximate surface area is 151 Å². The van der Waals surface area contributed by atoms with Gasteiger partial charge in [0.25, 0.3) is 5.91 Å². The smallest absolute Gasteiger partial charge is 0.387 e. The summed E-state index contributed by atoms with van der Waals surface area (Å²) in [6, 6.07) is 7.34. The number of halogens is 2. The summed E-state index contributed by atoms with van der Waals surface area (Å²) in [5.41, 5.74) is 0.878. The van der Waals surface area contributed by atoms with Crippen molar-refractivity contribution in [2.75, 3.05) is 11.9 Å². The third kappa shape index (κ3) is 4.17. The predicted molar refractivity (Wildman–Crippen MR) is 89.7 cm³/mol. The monoisotopic (exact) mass is 376 g/mol. The molecule has 0 spiro atoms. The van der Waals surface area contributed by atoms with Crippen molar-refractivity contribution in [2.24, 2.45) is 0 Å². The highest BCUT2D eigenvalue weighted by atomic mass is 19.3. The normalized spacial score (nSPS) is 10.8. The predicted octanol–water partition coefficient (Wildman–Crippen LogP) is 2.43. The molecule has 8 nitrogen and oxygen atoms in total. The number of carbonyl (C=O) groups is 2. The molecule has 0 aliphatic heterocycles. The summed E-state index contributed by atoms with van der Waals surface area (Å²) in [6.45, 7) is -2.04. The Bertz CT molecular complexity index is 990. The van der Waals surface area contributed by atoms with Crippen molar-refractivity contribution in [3.8, 4) is 5.75 Å². The van der Waals surface area contributed by atoms with Crippen LogP contribution in [0.25, 0.3) is 5.65 Å². The van der Waals surface area contributed by atoms with Crippen molar-refractivity contribution in [3.63, 3.8) is 0 Å². The molecular formula is C17H14F2N4O4. The van der Waals surface area contributed by atoms with Crippen LogP contribution < -0.4 is 10.1 Å². The number of aromatic nitrogens is 3. The van der Waals surface area contributed by atoms with Crippen LogP contribution in [0, 0.1) is 6.92 Å². The SMILES string of the molecule is Cc1nn2cccnc2c1C(=O)OCC(=O)Nc1ccccc1OC(F)F. The number of amides is 1. The minimum atomic E-state index is -3.04. The topological polar surface area (TPSA) is 94.8 Å². The van der Waals surface area contributed by atoms with Crippen LogP contribution in [0.15, 0.2) is 42.7 Å². The largest absolute Gasteiger partial charge is 0.452 e. The molecule has 0 saturated heterocycles. The van der Waals surface area contributed by atoms with Crippen LogP contribution in [0.1, 0.15) is 16.1 Å². The molecule has 0 atom stereocenters. The molecule has 0 radical (unpaired) electrons. The number of nitrogens with zero attached hydrogens (tertiary/aromatic N) is 3. The maximum Gasteiger partial charge on any atom is 0.387 e. The number of carbonyl (C=O) groups excluding carboxylic acids is 2. The van der Waals surface area contributed by atoms with Crippen LogP contribution in [0.5, 0.6) is 5.75 Å². The number of hydrogen-bond acceptors (Lipinski definition) is 6. The maximum absolute atomic E-state index is 12.4. The van der Waals surface area contributed by atoms with E-state index in [4.69, 9.17) is 4.74 Å². The summed E-state index contributed by atoms with van der Waals surface area (Å²) >= 11 is 0. The number of fused-ring (bicyclic) bond motifs is 1. The average Bonchev–Trinajstić information content (AvgIpc) is 2.96. The van der Waals surface area contributed by atoms with E-state index in [0.717, 1.165) is 0 Å². The van der Waals surface area contributed by atoms with E-state index in [2.05, 4.69) is 20.1 Å². The number of alkyl halides is 2. The van der Waals surface area contributed by atoms with Gasteiger partial charge in [0.15, 0.2) is 12.3 Å². The summed E-state index contributed by atoms with van der Waals surface area (Å²) in [5.74, 6) is -1.68. The quantitative estimate of drug-likeness (QED) is 0.664. The van der Waals surface area contributed by atoms with E-state index in [1.807, 2.05) is 0 Å². The average molecular weight is 376 g/mol. The van der Waals surface area contributed by atoms with E-state index < -0.39 is 25.1 Å². The van der Waals surface area contributed by atoms with Gasteiger partial charge in [-0.15, -0.1) is 0 Å². The summed E-state index contributed by atoms with van der Waals surface area (Å²) in [7, 11) is 0. The van der Waals surface area contributed by atoms with Gasteiger partial charge in [0, 0.05) is 12.4 Å². The Morgan fingerprint density at radius 1 is 1.26 bits per heavy atom. The van der Waals surface area contributed by atoms with Crippen molar-refractivity contribution >= 4 is 23.2 Å². The Balaban J connectivity index is 1.66. The molecule has 0 unspecified atom stereocenters. The van der Waals surface area contributed by atoms with Gasteiger partial charge in [-0.3, -0.25) is 4.79 Å². The lowest BCUT2D eigenvalue weighted by molar-refractivity contribution is -0.119. The van der Waals surface area contributed by atoms with E-state index in [1.54, 1.807) is 19.2 Å². The summed E-state index contributed by atoms with van der Waals surface area (Å²) < 4.78 is 35.5. The Morgan fingerprint density at radius 2 is 2.04 bits per heavy atom. The fourth-order valence-corrected chi connectivity index (χ4v) is 2.39. The number of anilines is 1. The minimum Gasteiger partial charge on any atom is -0.452 e. The molecular weight excluding hydrogens is 362 g/mol. The standard InChI is InChI=1S/C17H14F2N4O4/c1-10-14(15-20-7-4-8-23(15)22-10)16(25)26-9-13(24)21-11-5-2-3-6-12(11)27-17(18)19/h2-8,17H,9H2,1H3,(H,21,24). The molecule has 2 heterocycles. The van der Waals surface area contributed by atoms with Crippen molar-refractivity contribution in [2.45, 2.75) is 13.5 Å². The molecule has 1 aromatic carbocycles. The molecule has 0 bridgehead atoms. The number of nitrogens with one attached hydrogen (secondary N) is 1. The second kappa shape index (κ2) is 7.77. The van der Waals surface area contributed by atoms with Crippen LogP contribution in [0.2, 0.25) is 0 Å². The molecule has 1 N–H and O–H groups in total. The lowest BCUT2D eigenvalue weighted by Gasteiger charge is -2.11. The number of hydrogen-bond donors (Lipinski definition) is 1. The second-order valence-electron chi connectivity index (χ2n) is 5.35. The fraction of sp³-hybridized carbons (Fsp3) is 0.176. The number of para-hydroxylation sites is 2. The molecule has 3 rings (SSSR count). The molecule has 3 aromatic rings. The van der Waals surface area contributed by atoms with Crippen molar-refractivity contribution in [1.82, 2.24) is 14.6 Å². The van der Waals surface area contributed by atoms with E-state index in [0.29, 0.717) is 11.3 Å². The van der Waals surface area contributed by atoms with Crippen LogP contribution >= 0.6 is 0 Å². The van der Waals surface area contributed by atoms with Gasteiger partial charge in [-0.05, 0) is 25.1 Å². The summed E-state index contributed by atoms with van der Waals surface area (Å²) in [6.07, 6.45) is 3.12. The number of esters is 1. The first-order chi connectivity index (χ1) is 13.0. The third-order valence-corrected chi connectivity index (χ3v) is 3.49. The maximum atomic E-state index is 12.4. The van der Waals surface area contributed by atoms with Crippen molar-refractivity contribution in [1.29, 1.82) is 0 Å². The van der Waals surface area contributed by atoms with Gasteiger partial charge >= 0.3 is 12.6 Å². The van der Waals surface area contributed by atoms with Crippen LogP contribution in [0.4, 0.5) is 14.5 Å². The Kier molecular flexibility index (Phi) is 5.25. The molecule has 0 aliphatic carbocycles. The number of benzene rings is 1. The van der Waals surface area contributed by atoms with Crippen LogP contribution in [-0.2, 0) is 9.53 Å². The Morgan fingerprint density at radius 3 is 2.81 bits per heavy atom. The summed E-state index contributed by atoms with van der Waals surface area (Å²) in [4.78, 5) is 28.4. The number of aryl methyl sites for hydroxylation is 1. The third-order valence-electron chi connectivity index (χ3n) is 3.49. The molecule has 0 fully saturated rings. The molecule has 2 aromatic heterocycles. The highest BCUT2D eigenvalue weighted by molar-refractivity contribution is 5.99. The van der Waals surface area contributed by atoms with E-state index in [9.17, 15) is 18.4 Å². The highest BCUT2D eigenvalue weighted by Crippen LogP contribution is 2.25. The zero-order chi connectivity index (χ0) is 19.4. The van der Waals surface area contributed by atoms with Gasteiger partial charge in [-0.1, -0.05) is 12.1 Å². The van der Waals surface area contributed by atoms with Gasteiger partial charge in [-0.2, -0.15) is 13.9 Å². The van der Waals surface area contributed by atoms with E-state index in [1.165, 1.54) is 35.0 Å². The molecule has 0 saturated carbocycles. The highest BCUT2D eigenvalue weighted by Gasteiger charge is 2.21. The lowest BCUT2D eigenvalue weighted by atomic mass is 10.2. The van der Waals surface area contributed by atoms with Crippen molar-refractivity contribution < 1.29 is 27.8 Å². The van der Waals surface area contributed by atoms with Gasteiger partial charge < -0.3 is 14.8 Å². The second-order valence-corrected chi connectivity index (χ2v) is 5.35. The van der Waals surface area contributed by atoms with Gasteiger partial charge in [0.05, 0.1) is 11.4 Å². The first-order valence-electron chi connectivity index (χ1n) is 7.76. The van der Waals surface area contributed by atoms with E-state index in [-0.39, 0.29) is 17.0 Å². The molecule has 27 heavy (non-hydrogen) atoms. The van der Waals surface area contributed by atoms with Crippen molar-refractivity contribution in [3.05, 3.63) is 54.0 Å². The van der Waals surface area contributed by atoms with Crippen LogP contribution in [0.3, 0.4) is 0 Å². The molecule has 0 aliphatic rings. The first kappa shape index (κ1) is 18.2. The molecule has 1 amide bonds. The zero-order valence-electron chi connectivity index (χ0n) is 14.1. The zero-order valence-corrected chi connectivity index (χ0v) is 14.1.